The second-order valence-electron chi connectivity index (χ2n) is 4.34. The normalized spacial score (nSPS) is 22.3. The number of unbranched alkanes of at least 4 members (excludes halogenated alkanes) is 1. The van der Waals surface area contributed by atoms with Crippen LogP contribution in [0.4, 0.5) is 0 Å². The number of hydrogen-bond donors (Lipinski definition) is 1. The van der Waals surface area contributed by atoms with E-state index in [0.717, 1.165) is 45.1 Å². The molecule has 0 aromatic rings. The predicted octanol–water partition coefficient (Wildman–Crippen LogP) is 1.59. The maximum Gasteiger partial charge on any atom is 0.149 e. The third kappa shape index (κ3) is 3.92. The number of rotatable bonds is 6. The van der Waals surface area contributed by atoms with Crippen LogP contribution in [0.15, 0.2) is 0 Å². The molecule has 3 heteroatoms. The summed E-state index contributed by atoms with van der Waals surface area (Å²) >= 11 is 0. The van der Waals surface area contributed by atoms with Crippen LogP contribution in [0.25, 0.3) is 0 Å². The Bertz CT molecular complexity index is 194. The molecule has 88 valence electrons. The van der Waals surface area contributed by atoms with Crippen molar-refractivity contribution in [1.82, 2.24) is 4.90 Å². The van der Waals surface area contributed by atoms with Gasteiger partial charge in [-0.1, -0.05) is 19.8 Å². The van der Waals surface area contributed by atoms with E-state index < -0.39 is 0 Å². The van der Waals surface area contributed by atoms with E-state index in [1.807, 2.05) is 0 Å². The number of carbonyl (C=O) groups excluding carboxylic acids is 1. The highest BCUT2D eigenvalue weighted by Gasteiger charge is 2.27. The fraction of sp³-hybridized carbons (Fsp3) is 0.917. The first-order chi connectivity index (χ1) is 7.29. The van der Waals surface area contributed by atoms with Gasteiger partial charge in [0.15, 0.2) is 0 Å². The lowest BCUT2D eigenvalue weighted by molar-refractivity contribution is -0.126. The van der Waals surface area contributed by atoms with Crippen LogP contribution >= 0.6 is 0 Å². The maximum absolute atomic E-state index is 11.8. The number of hydrogen-bond acceptors (Lipinski definition) is 3. The molecule has 0 heterocycles. The minimum Gasteiger partial charge on any atom is -0.395 e. The number of aliphatic hydroxyl groups is 1. The average molecular weight is 213 g/mol. The fourth-order valence-electron chi connectivity index (χ4n) is 2.26. The highest BCUT2D eigenvalue weighted by molar-refractivity contribution is 5.84. The zero-order valence-corrected chi connectivity index (χ0v) is 9.74. The third-order valence-corrected chi connectivity index (χ3v) is 3.15. The Morgan fingerprint density at radius 3 is 2.80 bits per heavy atom. The minimum atomic E-state index is 0.0949. The molecule has 1 rings (SSSR count). The molecule has 1 fully saturated rings. The largest absolute Gasteiger partial charge is 0.395 e. The first-order valence-corrected chi connectivity index (χ1v) is 6.17. The van der Waals surface area contributed by atoms with Gasteiger partial charge >= 0.3 is 0 Å². The molecule has 1 atom stereocenters. The molecule has 0 aliphatic heterocycles. The summed E-state index contributed by atoms with van der Waals surface area (Å²) in [7, 11) is 0. The first kappa shape index (κ1) is 12.7. The van der Waals surface area contributed by atoms with E-state index in [1.54, 1.807) is 0 Å². The van der Waals surface area contributed by atoms with Gasteiger partial charge in [0, 0.05) is 13.0 Å². The summed E-state index contributed by atoms with van der Waals surface area (Å²) in [5.74, 6) is 0.380. The van der Waals surface area contributed by atoms with Crippen LogP contribution in [0.2, 0.25) is 0 Å². The topological polar surface area (TPSA) is 40.5 Å². The molecule has 15 heavy (non-hydrogen) atoms. The quantitative estimate of drug-likeness (QED) is 0.728. The molecule has 0 spiro atoms. The van der Waals surface area contributed by atoms with Gasteiger partial charge < -0.3 is 5.11 Å². The van der Waals surface area contributed by atoms with E-state index in [1.165, 1.54) is 0 Å². The zero-order chi connectivity index (χ0) is 11.1. The van der Waals surface area contributed by atoms with E-state index in [-0.39, 0.29) is 12.6 Å². The standard InChI is InChI=1S/C12H23NO2/c1-2-3-8-13(9-10-14)11-6-4-5-7-12(11)15/h11,14H,2-10H2,1H3. The Hall–Kier alpha value is -0.410. The molecule has 0 saturated heterocycles. The first-order valence-electron chi connectivity index (χ1n) is 6.17. The summed E-state index contributed by atoms with van der Waals surface area (Å²) in [6.45, 7) is 3.91. The van der Waals surface area contributed by atoms with Crippen molar-refractivity contribution in [3.05, 3.63) is 0 Å². The smallest absolute Gasteiger partial charge is 0.149 e. The zero-order valence-electron chi connectivity index (χ0n) is 9.74. The summed E-state index contributed by atoms with van der Waals surface area (Å²) < 4.78 is 0. The lowest BCUT2D eigenvalue weighted by atomic mass is 9.92. The second-order valence-corrected chi connectivity index (χ2v) is 4.34. The molecule has 0 aromatic heterocycles. The summed E-state index contributed by atoms with van der Waals surface area (Å²) in [5.41, 5.74) is 0. The number of aliphatic hydroxyl groups excluding tert-OH is 1. The molecule has 3 nitrogen and oxygen atoms in total. The lowest BCUT2D eigenvalue weighted by Gasteiger charge is -2.32. The second kappa shape index (κ2) is 6.96. The number of nitrogens with zero attached hydrogens (tertiary/aromatic N) is 1. The van der Waals surface area contributed by atoms with Crippen LogP contribution < -0.4 is 0 Å². The van der Waals surface area contributed by atoms with Gasteiger partial charge in [-0.15, -0.1) is 0 Å². The molecule has 1 aliphatic carbocycles. The average Bonchev–Trinajstić information content (AvgIpc) is 2.25. The predicted molar refractivity (Wildman–Crippen MR) is 60.8 cm³/mol. The van der Waals surface area contributed by atoms with Crippen LogP contribution in [-0.2, 0) is 4.79 Å². The van der Waals surface area contributed by atoms with Gasteiger partial charge in [0.05, 0.1) is 12.6 Å². The molecular formula is C12H23NO2. The van der Waals surface area contributed by atoms with E-state index in [4.69, 9.17) is 5.11 Å². The monoisotopic (exact) mass is 213 g/mol. The Labute approximate surface area is 92.5 Å². The lowest BCUT2D eigenvalue weighted by Crippen LogP contribution is -2.44. The Morgan fingerprint density at radius 1 is 1.40 bits per heavy atom. The molecule has 0 bridgehead atoms. The van der Waals surface area contributed by atoms with Crippen molar-refractivity contribution in [2.45, 2.75) is 51.5 Å². The van der Waals surface area contributed by atoms with Gasteiger partial charge in [0.1, 0.15) is 5.78 Å². The van der Waals surface area contributed by atoms with Gasteiger partial charge in [-0.05, 0) is 25.8 Å². The van der Waals surface area contributed by atoms with Crippen molar-refractivity contribution in [2.24, 2.45) is 0 Å². The van der Waals surface area contributed by atoms with E-state index in [2.05, 4.69) is 11.8 Å². The van der Waals surface area contributed by atoms with Crippen molar-refractivity contribution in [3.8, 4) is 0 Å². The van der Waals surface area contributed by atoms with Gasteiger partial charge in [-0.2, -0.15) is 0 Å². The Balaban J connectivity index is 2.47. The van der Waals surface area contributed by atoms with Gasteiger partial charge in [0.25, 0.3) is 0 Å². The summed E-state index contributed by atoms with van der Waals surface area (Å²) in [6.07, 6.45) is 6.19. The van der Waals surface area contributed by atoms with Gasteiger partial charge in [0.2, 0.25) is 0 Å². The highest BCUT2D eigenvalue weighted by Crippen LogP contribution is 2.19. The van der Waals surface area contributed by atoms with Crippen LogP contribution in [0, 0.1) is 0 Å². The van der Waals surface area contributed by atoms with Gasteiger partial charge in [-0.3, -0.25) is 9.69 Å². The van der Waals surface area contributed by atoms with Crippen molar-refractivity contribution < 1.29 is 9.90 Å². The van der Waals surface area contributed by atoms with Crippen molar-refractivity contribution >= 4 is 5.78 Å². The van der Waals surface area contributed by atoms with Crippen LogP contribution in [-0.4, -0.2) is 41.5 Å². The molecule has 0 radical (unpaired) electrons. The molecule has 0 aromatic carbocycles. The van der Waals surface area contributed by atoms with Crippen LogP contribution in [0.3, 0.4) is 0 Å². The summed E-state index contributed by atoms with van der Waals surface area (Å²) in [6, 6.07) is 0.0949. The van der Waals surface area contributed by atoms with Crippen molar-refractivity contribution in [1.29, 1.82) is 0 Å². The minimum absolute atomic E-state index is 0.0949. The third-order valence-electron chi connectivity index (χ3n) is 3.15. The Kier molecular flexibility index (Phi) is 5.88. The van der Waals surface area contributed by atoms with E-state index >= 15 is 0 Å². The fourth-order valence-corrected chi connectivity index (χ4v) is 2.26. The van der Waals surface area contributed by atoms with Gasteiger partial charge in [-0.25, -0.2) is 0 Å². The van der Waals surface area contributed by atoms with Crippen molar-refractivity contribution in [3.63, 3.8) is 0 Å². The molecule has 0 amide bonds. The number of ketones is 1. The van der Waals surface area contributed by atoms with E-state index in [0.29, 0.717) is 12.3 Å². The van der Waals surface area contributed by atoms with E-state index in [9.17, 15) is 4.79 Å². The number of Topliss-reactive ketones (excluding diaryl/α,β-unsaturated/α-hetero) is 1. The molecule has 1 unspecified atom stereocenters. The Morgan fingerprint density at radius 2 is 2.20 bits per heavy atom. The van der Waals surface area contributed by atoms with Crippen LogP contribution in [0.5, 0.6) is 0 Å². The summed E-state index contributed by atoms with van der Waals surface area (Å²) in [5, 5.41) is 9.00. The maximum atomic E-state index is 11.8. The molecule has 1 aliphatic rings. The molecular weight excluding hydrogens is 190 g/mol. The SMILES string of the molecule is CCCCN(CCO)C1CCCCC1=O. The highest BCUT2D eigenvalue weighted by atomic mass is 16.3. The molecule has 1 N–H and O–H groups in total. The summed E-state index contributed by atoms with van der Waals surface area (Å²) in [4.78, 5) is 13.9. The number of carbonyl (C=O) groups is 1. The van der Waals surface area contributed by atoms with Crippen molar-refractivity contribution in [2.75, 3.05) is 19.7 Å². The molecule has 1 saturated carbocycles. The van der Waals surface area contributed by atoms with Crippen LogP contribution in [0.1, 0.15) is 45.4 Å².